The molecule has 1 fully saturated rings. The molecule has 29 heavy (non-hydrogen) atoms. The molecule has 0 spiro atoms. The molecule has 1 atom stereocenters. The van der Waals surface area contributed by atoms with Gasteiger partial charge in [0.2, 0.25) is 5.91 Å². The quantitative estimate of drug-likeness (QED) is 0.781. The number of likely N-dealkylation sites (N-methyl/N-ethyl adjacent to an activating group) is 1. The van der Waals surface area contributed by atoms with E-state index in [4.69, 9.17) is 4.74 Å². The Bertz CT molecular complexity index is 867. The van der Waals surface area contributed by atoms with Crippen LogP contribution in [-0.2, 0) is 20.7 Å². The van der Waals surface area contributed by atoms with Crippen LogP contribution in [0.3, 0.4) is 0 Å². The van der Waals surface area contributed by atoms with Gasteiger partial charge >= 0.3 is 0 Å². The van der Waals surface area contributed by atoms with Crippen LogP contribution in [0.4, 0.5) is 0 Å². The number of rotatable bonds is 5. The van der Waals surface area contributed by atoms with Crippen molar-refractivity contribution in [1.29, 1.82) is 0 Å². The number of benzene rings is 1. The second-order valence-corrected chi connectivity index (χ2v) is 8.03. The standard InChI is InChI=1S/C23H29N3O3/c1-17(2)21(27)26-12-13-29-23(16-26,22(28)25(3)4)14-18-8-5-6-10-20(18)19-9-7-11-24-15-19/h5-11,15,17H,12-14,16H2,1-4H3/t23-/m0/s1. The lowest BCUT2D eigenvalue weighted by molar-refractivity contribution is -0.173. The summed E-state index contributed by atoms with van der Waals surface area (Å²) in [6, 6.07) is 11.9. The first kappa shape index (κ1) is 21.0. The summed E-state index contributed by atoms with van der Waals surface area (Å²) < 4.78 is 6.14. The summed E-state index contributed by atoms with van der Waals surface area (Å²) >= 11 is 0. The number of nitrogens with zero attached hydrogens (tertiary/aromatic N) is 3. The van der Waals surface area contributed by atoms with Crippen LogP contribution < -0.4 is 0 Å². The van der Waals surface area contributed by atoms with Gasteiger partial charge in [-0.2, -0.15) is 0 Å². The zero-order valence-electron chi connectivity index (χ0n) is 17.6. The Morgan fingerprint density at radius 3 is 2.62 bits per heavy atom. The maximum absolute atomic E-state index is 13.3. The number of aromatic nitrogens is 1. The third-order valence-corrected chi connectivity index (χ3v) is 5.25. The van der Waals surface area contributed by atoms with Crippen LogP contribution in [-0.4, -0.2) is 66.0 Å². The van der Waals surface area contributed by atoms with Gasteiger partial charge in [-0.05, 0) is 17.2 Å². The summed E-state index contributed by atoms with van der Waals surface area (Å²) in [5, 5.41) is 0. The van der Waals surface area contributed by atoms with Crippen molar-refractivity contribution in [2.24, 2.45) is 5.92 Å². The predicted octanol–water partition coefficient (Wildman–Crippen LogP) is 2.63. The van der Waals surface area contributed by atoms with Crippen molar-refractivity contribution in [2.75, 3.05) is 33.8 Å². The van der Waals surface area contributed by atoms with E-state index in [1.54, 1.807) is 30.1 Å². The molecule has 2 heterocycles. The number of carbonyl (C=O) groups excluding carboxylic acids is 2. The van der Waals surface area contributed by atoms with Gasteiger partial charge in [0, 0.05) is 50.9 Å². The Labute approximate surface area is 172 Å². The molecule has 6 heteroatoms. The van der Waals surface area contributed by atoms with E-state index in [1.807, 2.05) is 56.4 Å². The maximum atomic E-state index is 13.3. The van der Waals surface area contributed by atoms with Crippen LogP contribution in [0.1, 0.15) is 19.4 Å². The molecule has 1 saturated heterocycles. The smallest absolute Gasteiger partial charge is 0.256 e. The van der Waals surface area contributed by atoms with Crippen LogP contribution in [0.2, 0.25) is 0 Å². The van der Waals surface area contributed by atoms with E-state index in [-0.39, 0.29) is 24.3 Å². The molecule has 154 valence electrons. The van der Waals surface area contributed by atoms with Crippen molar-refractivity contribution >= 4 is 11.8 Å². The van der Waals surface area contributed by atoms with Gasteiger partial charge in [0.1, 0.15) is 0 Å². The van der Waals surface area contributed by atoms with Crippen molar-refractivity contribution in [3.63, 3.8) is 0 Å². The molecular weight excluding hydrogens is 366 g/mol. The van der Waals surface area contributed by atoms with Crippen molar-refractivity contribution in [3.8, 4) is 11.1 Å². The lowest BCUT2D eigenvalue weighted by atomic mass is 9.87. The number of carbonyl (C=O) groups is 2. The SMILES string of the molecule is CC(C)C(=O)N1CCO[C@](Cc2ccccc2-c2cccnc2)(C(=O)N(C)C)C1. The minimum absolute atomic E-state index is 0.0461. The highest BCUT2D eigenvalue weighted by atomic mass is 16.5. The van der Waals surface area contributed by atoms with E-state index < -0.39 is 5.60 Å². The monoisotopic (exact) mass is 395 g/mol. The largest absolute Gasteiger partial charge is 0.361 e. The van der Waals surface area contributed by atoms with E-state index in [1.165, 1.54) is 0 Å². The first-order valence-corrected chi connectivity index (χ1v) is 9.97. The second-order valence-electron chi connectivity index (χ2n) is 8.03. The maximum Gasteiger partial charge on any atom is 0.256 e. The van der Waals surface area contributed by atoms with Crippen LogP contribution in [0, 0.1) is 5.92 Å². The first-order chi connectivity index (χ1) is 13.8. The van der Waals surface area contributed by atoms with Gasteiger partial charge in [0.25, 0.3) is 5.91 Å². The topological polar surface area (TPSA) is 62.7 Å². The number of pyridine rings is 1. The Hall–Kier alpha value is -2.73. The van der Waals surface area contributed by atoms with Gasteiger partial charge in [-0.25, -0.2) is 0 Å². The average Bonchev–Trinajstić information content (AvgIpc) is 2.73. The van der Waals surface area contributed by atoms with Crippen LogP contribution in [0.5, 0.6) is 0 Å². The third-order valence-electron chi connectivity index (χ3n) is 5.25. The highest BCUT2D eigenvalue weighted by Gasteiger charge is 2.46. The third kappa shape index (κ3) is 4.48. The number of hydrogen-bond donors (Lipinski definition) is 0. The summed E-state index contributed by atoms with van der Waals surface area (Å²) in [6.45, 7) is 4.86. The highest BCUT2D eigenvalue weighted by molar-refractivity contribution is 5.87. The van der Waals surface area contributed by atoms with Crippen molar-refractivity contribution in [1.82, 2.24) is 14.8 Å². The Balaban J connectivity index is 2.00. The number of morpholine rings is 1. The second kappa shape index (κ2) is 8.74. The van der Waals surface area contributed by atoms with Gasteiger partial charge in [-0.15, -0.1) is 0 Å². The molecule has 3 rings (SSSR count). The molecule has 1 aromatic carbocycles. The Morgan fingerprint density at radius 1 is 1.21 bits per heavy atom. The summed E-state index contributed by atoms with van der Waals surface area (Å²) in [6.07, 6.45) is 3.94. The van der Waals surface area contributed by atoms with E-state index in [0.29, 0.717) is 19.6 Å². The fraction of sp³-hybridized carbons (Fsp3) is 0.435. The summed E-state index contributed by atoms with van der Waals surface area (Å²) in [4.78, 5) is 33.5. The Morgan fingerprint density at radius 2 is 1.97 bits per heavy atom. The molecule has 0 bridgehead atoms. The number of hydrogen-bond acceptors (Lipinski definition) is 4. The molecule has 1 aromatic heterocycles. The van der Waals surface area contributed by atoms with Gasteiger partial charge in [0.15, 0.2) is 5.60 Å². The first-order valence-electron chi connectivity index (χ1n) is 9.97. The average molecular weight is 396 g/mol. The van der Waals surface area contributed by atoms with Crippen LogP contribution >= 0.6 is 0 Å². The van der Waals surface area contributed by atoms with Gasteiger partial charge < -0.3 is 14.5 Å². The fourth-order valence-electron chi connectivity index (χ4n) is 3.84. The highest BCUT2D eigenvalue weighted by Crippen LogP contribution is 2.31. The summed E-state index contributed by atoms with van der Waals surface area (Å²) in [5.74, 6) is -0.201. The molecule has 0 N–H and O–H groups in total. The molecule has 2 aromatic rings. The van der Waals surface area contributed by atoms with Gasteiger partial charge in [-0.3, -0.25) is 14.6 Å². The zero-order chi connectivity index (χ0) is 21.0. The molecule has 1 aliphatic rings. The lowest BCUT2D eigenvalue weighted by Gasteiger charge is -2.43. The Kier molecular flexibility index (Phi) is 6.33. The lowest BCUT2D eigenvalue weighted by Crippen LogP contribution is -2.62. The van der Waals surface area contributed by atoms with Crippen LogP contribution in [0.15, 0.2) is 48.8 Å². The molecule has 0 radical (unpaired) electrons. The molecule has 1 aliphatic heterocycles. The normalized spacial score (nSPS) is 19.3. The molecule has 0 aliphatic carbocycles. The molecular formula is C23H29N3O3. The number of ether oxygens (including phenoxy) is 1. The minimum Gasteiger partial charge on any atom is -0.361 e. The van der Waals surface area contributed by atoms with Crippen molar-refractivity contribution in [3.05, 3.63) is 54.4 Å². The minimum atomic E-state index is -1.11. The molecule has 0 saturated carbocycles. The molecule has 0 unspecified atom stereocenters. The van der Waals surface area contributed by atoms with Gasteiger partial charge in [0.05, 0.1) is 13.2 Å². The van der Waals surface area contributed by atoms with E-state index in [2.05, 4.69) is 4.98 Å². The molecule has 6 nitrogen and oxygen atoms in total. The van der Waals surface area contributed by atoms with Crippen molar-refractivity contribution in [2.45, 2.75) is 25.9 Å². The summed E-state index contributed by atoms with van der Waals surface area (Å²) in [5.41, 5.74) is 1.89. The van der Waals surface area contributed by atoms with E-state index in [9.17, 15) is 9.59 Å². The fourth-order valence-corrected chi connectivity index (χ4v) is 3.84. The summed E-state index contributed by atoms with van der Waals surface area (Å²) in [7, 11) is 3.45. The predicted molar refractivity (Wildman–Crippen MR) is 112 cm³/mol. The van der Waals surface area contributed by atoms with E-state index in [0.717, 1.165) is 16.7 Å². The number of amides is 2. The van der Waals surface area contributed by atoms with Crippen LogP contribution in [0.25, 0.3) is 11.1 Å². The molecule has 2 amide bonds. The van der Waals surface area contributed by atoms with Gasteiger partial charge in [-0.1, -0.05) is 44.2 Å². The van der Waals surface area contributed by atoms with E-state index >= 15 is 0 Å². The van der Waals surface area contributed by atoms with Crippen molar-refractivity contribution < 1.29 is 14.3 Å². The zero-order valence-corrected chi connectivity index (χ0v) is 17.6.